The van der Waals surface area contributed by atoms with Gasteiger partial charge in [-0.2, -0.15) is 0 Å². The van der Waals surface area contributed by atoms with E-state index >= 15 is 0 Å². The Morgan fingerprint density at radius 3 is 2.86 bits per heavy atom. The number of hydrogen-bond acceptors (Lipinski definition) is 4. The number of amides is 2. The van der Waals surface area contributed by atoms with Gasteiger partial charge in [0.05, 0.1) is 17.9 Å². The van der Waals surface area contributed by atoms with Crippen molar-refractivity contribution in [3.8, 4) is 5.75 Å². The van der Waals surface area contributed by atoms with Gasteiger partial charge in [0.15, 0.2) is 0 Å². The summed E-state index contributed by atoms with van der Waals surface area (Å²) in [4.78, 5) is 28.6. The minimum Gasteiger partial charge on any atom is -0.488 e. The van der Waals surface area contributed by atoms with Gasteiger partial charge in [-0.1, -0.05) is 6.07 Å². The van der Waals surface area contributed by atoms with E-state index in [1.165, 1.54) is 12.1 Å². The van der Waals surface area contributed by atoms with Gasteiger partial charge < -0.3 is 19.9 Å². The Hall–Kier alpha value is -3.09. The van der Waals surface area contributed by atoms with Crippen LogP contribution in [0.4, 0.5) is 15.8 Å². The zero-order valence-electron chi connectivity index (χ0n) is 15.8. The molecule has 0 aromatic heterocycles. The number of nitrogens with zero attached hydrogens (tertiary/aromatic N) is 2. The molecule has 6 nitrogen and oxygen atoms in total. The summed E-state index contributed by atoms with van der Waals surface area (Å²) < 4.78 is 19.1. The van der Waals surface area contributed by atoms with Crippen LogP contribution < -0.4 is 15.0 Å². The van der Waals surface area contributed by atoms with Crippen molar-refractivity contribution in [3.63, 3.8) is 0 Å². The van der Waals surface area contributed by atoms with E-state index in [0.717, 1.165) is 5.69 Å². The lowest BCUT2D eigenvalue weighted by molar-refractivity contribution is -0.117. The second-order valence-electron chi connectivity index (χ2n) is 7.25. The summed E-state index contributed by atoms with van der Waals surface area (Å²) in [6.07, 6.45) is 0.513. The zero-order valence-corrected chi connectivity index (χ0v) is 15.8. The maximum atomic E-state index is 13.3. The highest BCUT2D eigenvalue weighted by Gasteiger charge is 2.31. The van der Waals surface area contributed by atoms with Crippen LogP contribution in [-0.4, -0.2) is 49.0 Å². The van der Waals surface area contributed by atoms with Gasteiger partial charge in [0.25, 0.3) is 5.91 Å². The van der Waals surface area contributed by atoms with Gasteiger partial charge in [0.1, 0.15) is 23.7 Å². The van der Waals surface area contributed by atoms with E-state index in [9.17, 15) is 14.0 Å². The fourth-order valence-corrected chi connectivity index (χ4v) is 3.62. The molecule has 1 fully saturated rings. The number of carbonyl (C=O) groups is 2. The van der Waals surface area contributed by atoms with Gasteiger partial charge in [-0.25, -0.2) is 4.39 Å². The van der Waals surface area contributed by atoms with Crippen LogP contribution in [0.3, 0.4) is 0 Å². The Morgan fingerprint density at radius 2 is 2.07 bits per heavy atom. The molecule has 146 valence electrons. The van der Waals surface area contributed by atoms with Crippen LogP contribution in [0.25, 0.3) is 0 Å². The second-order valence-corrected chi connectivity index (χ2v) is 7.25. The maximum Gasteiger partial charge on any atom is 0.254 e. The predicted octanol–water partition coefficient (Wildman–Crippen LogP) is 2.90. The molecule has 2 aromatic carbocycles. The molecule has 4 rings (SSSR count). The lowest BCUT2D eigenvalue weighted by Crippen LogP contribution is -2.44. The SMILES string of the molecule is CC1C(=O)Nc2cc(C(=O)N3CCC(Oc4cccc(F)c4)C3)ccc2N1C. The highest BCUT2D eigenvalue weighted by atomic mass is 19.1. The number of ether oxygens (including phenoxy) is 1. The lowest BCUT2D eigenvalue weighted by atomic mass is 10.1. The predicted molar refractivity (Wildman–Crippen MR) is 104 cm³/mol. The largest absolute Gasteiger partial charge is 0.488 e. The van der Waals surface area contributed by atoms with Gasteiger partial charge in [-0.3, -0.25) is 9.59 Å². The molecule has 2 aliphatic rings. The first-order valence-electron chi connectivity index (χ1n) is 9.31. The van der Waals surface area contributed by atoms with Gasteiger partial charge in [-0.15, -0.1) is 0 Å². The molecule has 0 spiro atoms. The molecule has 2 heterocycles. The summed E-state index contributed by atoms with van der Waals surface area (Å²) in [6.45, 7) is 2.84. The van der Waals surface area contributed by atoms with Gasteiger partial charge in [0.2, 0.25) is 5.91 Å². The molecule has 2 unspecified atom stereocenters. The minimum absolute atomic E-state index is 0.0932. The third-order valence-corrected chi connectivity index (χ3v) is 5.37. The Bertz CT molecular complexity index is 933. The van der Waals surface area contributed by atoms with Crippen molar-refractivity contribution < 1.29 is 18.7 Å². The van der Waals surface area contributed by atoms with Crippen molar-refractivity contribution in [1.82, 2.24) is 4.90 Å². The van der Waals surface area contributed by atoms with Crippen LogP contribution in [0.1, 0.15) is 23.7 Å². The molecular formula is C21H22FN3O3. The number of halogens is 1. The van der Waals surface area contributed by atoms with Crippen molar-refractivity contribution in [2.75, 3.05) is 30.4 Å². The highest BCUT2D eigenvalue weighted by Crippen LogP contribution is 2.32. The quantitative estimate of drug-likeness (QED) is 0.885. The van der Waals surface area contributed by atoms with Crippen LogP contribution in [0.15, 0.2) is 42.5 Å². The normalized spacial score (nSPS) is 21.3. The number of rotatable bonds is 3. The number of likely N-dealkylation sites (N-methyl/N-ethyl adjacent to an activating group) is 1. The van der Waals surface area contributed by atoms with E-state index in [0.29, 0.717) is 36.5 Å². The molecule has 2 amide bonds. The number of fused-ring (bicyclic) bond motifs is 1. The van der Waals surface area contributed by atoms with Crippen molar-refractivity contribution in [2.24, 2.45) is 0 Å². The van der Waals surface area contributed by atoms with Crippen molar-refractivity contribution in [3.05, 3.63) is 53.8 Å². The fourth-order valence-electron chi connectivity index (χ4n) is 3.62. The van der Waals surface area contributed by atoms with Crippen LogP contribution in [0.5, 0.6) is 5.75 Å². The van der Waals surface area contributed by atoms with Crippen LogP contribution >= 0.6 is 0 Å². The van der Waals surface area contributed by atoms with Crippen molar-refractivity contribution in [1.29, 1.82) is 0 Å². The zero-order chi connectivity index (χ0) is 19.8. The Balaban J connectivity index is 1.45. The third kappa shape index (κ3) is 3.40. The van der Waals surface area contributed by atoms with Crippen LogP contribution in [-0.2, 0) is 4.79 Å². The number of hydrogen-bond donors (Lipinski definition) is 1. The molecule has 7 heteroatoms. The number of carbonyl (C=O) groups excluding carboxylic acids is 2. The molecule has 0 aliphatic carbocycles. The number of anilines is 2. The van der Waals surface area contributed by atoms with E-state index in [1.807, 2.05) is 24.9 Å². The molecule has 2 aromatic rings. The second kappa shape index (κ2) is 7.14. The van der Waals surface area contributed by atoms with Crippen LogP contribution in [0, 0.1) is 5.82 Å². The molecule has 2 atom stereocenters. The van der Waals surface area contributed by atoms with E-state index < -0.39 is 0 Å². The fraction of sp³-hybridized carbons (Fsp3) is 0.333. The minimum atomic E-state index is -0.348. The summed E-state index contributed by atoms with van der Waals surface area (Å²) in [5.74, 6) is -0.0835. The molecule has 0 radical (unpaired) electrons. The summed E-state index contributed by atoms with van der Waals surface area (Å²) in [6, 6.07) is 11.1. The number of nitrogens with one attached hydrogen (secondary N) is 1. The van der Waals surface area contributed by atoms with E-state index in [4.69, 9.17) is 4.74 Å². The van der Waals surface area contributed by atoms with Gasteiger partial charge >= 0.3 is 0 Å². The average Bonchev–Trinajstić information content (AvgIpc) is 3.13. The Labute approximate surface area is 162 Å². The van der Waals surface area contributed by atoms with Crippen LogP contribution in [0.2, 0.25) is 0 Å². The van der Waals surface area contributed by atoms with Gasteiger partial charge in [0, 0.05) is 31.6 Å². The van der Waals surface area contributed by atoms with Crippen molar-refractivity contribution >= 4 is 23.2 Å². The summed E-state index contributed by atoms with van der Waals surface area (Å²) >= 11 is 0. The molecule has 0 bridgehead atoms. The van der Waals surface area contributed by atoms with E-state index in [1.54, 1.807) is 29.2 Å². The smallest absolute Gasteiger partial charge is 0.254 e. The summed E-state index contributed by atoms with van der Waals surface area (Å²) in [5, 5.41) is 2.86. The Kier molecular flexibility index (Phi) is 4.66. The summed E-state index contributed by atoms with van der Waals surface area (Å²) in [7, 11) is 1.86. The number of benzene rings is 2. The third-order valence-electron chi connectivity index (χ3n) is 5.37. The lowest BCUT2D eigenvalue weighted by Gasteiger charge is -2.33. The molecule has 1 N–H and O–H groups in total. The summed E-state index contributed by atoms with van der Waals surface area (Å²) in [5.41, 5.74) is 2.05. The molecule has 28 heavy (non-hydrogen) atoms. The first kappa shape index (κ1) is 18.3. The number of likely N-dealkylation sites (tertiary alicyclic amines) is 1. The van der Waals surface area contributed by atoms with E-state index in [-0.39, 0.29) is 29.8 Å². The van der Waals surface area contributed by atoms with Crippen molar-refractivity contribution in [2.45, 2.75) is 25.5 Å². The monoisotopic (exact) mass is 383 g/mol. The first-order valence-corrected chi connectivity index (χ1v) is 9.31. The highest BCUT2D eigenvalue weighted by molar-refractivity contribution is 6.05. The molecule has 2 aliphatic heterocycles. The molecule has 1 saturated heterocycles. The maximum absolute atomic E-state index is 13.3. The first-order chi connectivity index (χ1) is 13.4. The average molecular weight is 383 g/mol. The van der Waals surface area contributed by atoms with Gasteiger partial charge in [-0.05, 0) is 37.3 Å². The topological polar surface area (TPSA) is 61.9 Å². The standard InChI is InChI=1S/C21H22FN3O3/c1-13-20(26)23-18-10-14(6-7-19(18)24(13)2)21(27)25-9-8-17(12-25)28-16-5-3-4-15(22)11-16/h3-7,10-11,13,17H,8-9,12H2,1-2H3,(H,23,26). The Morgan fingerprint density at radius 1 is 1.25 bits per heavy atom. The molecular weight excluding hydrogens is 361 g/mol. The van der Waals surface area contributed by atoms with E-state index in [2.05, 4.69) is 5.32 Å². The molecule has 0 saturated carbocycles.